The highest BCUT2D eigenvalue weighted by atomic mass is 32.2. The first-order valence-corrected chi connectivity index (χ1v) is 7.78. The summed E-state index contributed by atoms with van der Waals surface area (Å²) in [6.45, 7) is 8.14. The molecular formula is C13H20N6OS. The lowest BCUT2D eigenvalue weighted by Gasteiger charge is -2.14. The van der Waals surface area contributed by atoms with Gasteiger partial charge in [-0.3, -0.25) is 14.6 Å². The SMILES string of the molecule is Cc1cc(C)n([C@H](C)C(=O)NCCSc2n[nH]c(C)n2)n1. The number of hydrogen-bond donors (Lipinski definition) is 2. The van der Waals surface area contributed by atoms with E-state index in [1.165, 1.54) is 11.8 Å². The fourth-order valence-electron chi connectivity index (χ4n) is 2.00. The van der Waals surface area contributed by atoms with Gasteiger partial charge < -0.3 is 5.32 Å². The first kappa shape index (κ1) is 15.6. The Bertz CT molecular complexity index is 620. The number of carbonyl (C=O) groups excluding carboxylic acids is 1. The molecule has 0 aliphatic carbocycles. The molecule has 1 amide bonds. The van der Waals surface area contributed by atoms with Crippen molar-refractivity contribution in [2.24, 2.45) is 0 Å². The zero-order chi connectivity index (χ0) is 15.4. The summed E-state index contributed by atoms with van der Waals surface area (Å²) in [6, 6.07) is 1.65. The summed E-state index contributed by atoms with van der Waals surface area (Å²) >= 11 is 1.51. The second kappa shape index (κ2) is 6.75. The van der Waals surface area contributed by atoms with E-state index in [9.17, 15) is 4.79 Å². The minimum Gasteiger partial charge on any atom is -0.353 e. The van der Waals surface area contributed by atoms with E-state index in [0.29, 0.717) is 11.7 Å². The molecular weight excluding hydrogens is 288 g/mol. The van der Waals surface area contributed by atoms with Crippen LogP contribution in [0.15, 0.2) is 11.2 Å². The first-order valence-electron chi connectivity index (χ1n) is 6.79. The van der Waals surface area contributed by atoms with Gasteiger partial charge in [-0.25, -0.2) is 4.98 Å². The van der Waals surface area contributed by atoms with E-state index in [4.69, 9.17) is 0 Å². The molecule has 21 heavy (non-hydrogen) atoms. The number of hydrogen-bond acceptors (Lipinski definition) is 5. The lowest BCUT2D eigenvalue weighted by Crippen LogP contribution is -2.33. The summed E-state index contributed by atoms with van der Waals surface area (Å²) in [4.78, 5) is 16.3. The number of H-pyrrole nitrogens is 1. The van der Waals surface area contributed by atoms with Crippen LogP contribution >= 0.6 is 11.8 Å². The number of rotatable bonds is 6. The van der Waals surface area contributed by atoms with Gasteiger partial charge in [0.15, 0.2) is 0 Å². The van der Waals surface area contributed by atoms with Crippen LogP contribution in [0.2, 0.25) is 0 Å². The highest BCUT2D eigenvalue weighted by Crippen LogP contribution is 2.12. The predicted octanol–water partition coefficient (Wildman–Crippen LogP) is 1.40. The number of aromatic nitrogens is 5. The average molecular weight is 308 g/mol. The first-order chi connectivity index (χ1) is 9.97. The second-order valence-electron chi connectivity index (χ2n) is 4.89. The molecule has 8 heteroatoms. The van der Waals surface area contributed by atoms with E-state index in [1.54, 1.807) is 4.68 Å². The molecule has 0 spiro atoms. The molecule has 0 aromatic carbocycles. The monoisotopic (exact) mass is 308 g/mol. The maximum atomic E-state index is 12.1. The summed E-state index contributed by atoms with van der Waals surface area (Å²) in [7, 11) is 0. The third kappa shape index (κ3) is 4.07. The lowest BCUT2D eigenvalue weighted by molar-refractivity contribution is -0.124. The Kier molecular flexibility index (Phi) is 5.00. The van der Waals surface area contributed by atoms with Gasteiger partial charge in [0.25, 0.3) is 0 Å². The zero-order valence-electron chi connectivity index (χ0n) is 12.7. The minimum atomic E-state index is -0.311. The normalized spacial score (nSPS) is 12.4. The number of carbonyl (C=O) groups is 1. The third-order valence-electron chi connectivity index (χ3n) is 3.00. The summed E-state index contributed by atoms with van der Waals surface area (Å²) in [5.74, 6) is 1.49. The number of aromatic amines is 1. The van der Waals surface area contributed by atoms with Crippen molar-refractivity contribution in [3.8, 4) is 0 Å². The Morgan fingerprint density at radius 1 is 1.48 bits per heavy atom. The number of amides is 1. The lowest BCUT2D eigenvalue weighted by atomic mass is 10.3. The fraction of sp³-hybridized carbons (Fsp3) is 0.538. The van der Waals surface area contributed by atoms with Crippen molar-refractivity contribution in [3.63, 3.8) is 0 Å². The van der Waals surface area contributed by atoms with E-state index < -0.39 is 0 Å². The maximum Gasteiger partial charge on any atom is 0.244 e. The van der Waals surface area contributed by atoms with Crippen molar-refractivity contribution in [3.05, 3.63) is 23.3 Å². The van der Waals surface area contributed by atoms with Crippen LogP contribution in [0, 0.1) is 20.8 Å². The third-order valence-corrected chi connectivity index (χ3v) is 3.85. The zero-order valence-corrected chi connectivity index (χ0v) is 13.5. The molecule has 2 N–H and O–H groups in total. The van der Waals surface area contributed by atoms with Crippen LogP contribution in [-0.4, -0.2) is 43.2 Å². The topological polar surface area (TPSA) is 88.5 Å². The van der Waals surface area contributed by atoms with Gasteiger partial charge in [0.1, 0.15) is 11.9 Å². The second-order valence-corrected chi connectivity index (χ2v) is 5.95. The van der Waals surface area contributed by atoms with Crippen LogP contribution in [0.4, 0.5) is 0 Å². The Labute approximate surface area is 127 Å². The minimum absolute atomic E-state index is 0.0343. The van der Waals surface area contributed by atoms with Gasteiger partial charge in [-0.1, -0.05) is 11.8 Å². The van der Waals surface area contributed by atoms with E-state index >= 15 is 0 Å². The maximum absolute atomic E-state index is 12.1. The van der Waals surface area contributed by atoms with Gasteiger partial charge in [-0.05, 0) is 33.8 Å². The molecule has 0 saturated carbocycles. The molecule has 0 fully saturated rings. The van der Waals surface area contributed by atoms with Gasteiger partial charge in [-0.2, -0.15) is 5.10 Å². The molecule has 2 heterocycles. The largest absolute Gasteiger partial charge is 0.353 e. The quantitative estimate of drug-likeness (QED) is 0.622. The number of aryl methyl sites for hydroxylation is 3. The van der Waals surface area contributed by atoms with Crippen LogP contribution in [0.5, 0.6) is 0 Å². The molecule has 0 saturated heterocycles. The summed E-state index contributed by atoms with van der Waals surface area (Å²) in [5, 5.41) is 14.8. The van der Waals surface area contributed by atoms with Crippen molar-refractivity contribution in [2.45, 2.75) is 38.9 Å². The Morgan fingerprint density at radius 3 is 2.81 bits per heavy atom. The van der Waals surface area contributed by atoms with Gasteiger partial charge >= 0.3 is 0 Å². The van der Waals surface area contributed by atoms with Crippen LogP contribution in [-0.2, 0) is 4.79 Å². The summed E-state index contributed by atoms with van der Waals surface area (Å²) in [6.07, 6.45) is 0. The van der Waals surface area contributed by atoms with Crippen LogP contribution in [0.3, 0.4) is 0 Å². The van der Waals surface area contributed by atoms with Gasteiger partial charge in [0.05, 0.1) is 5.69 Å². The molecule has 2 rings (SSSR count). The number of nitrogens with zero attached hydrogens (tertiary/aromatic N) is 4. The van der Waals surface area contributed by atoms with E-state index in [2.05, 4.69) is 25.6 Å². The van der Waals surface area contributed by atoms with Crippen molar-refractivity contribution < 1.29 is 4.79 Å². The number of nitrogens with one attached hydrogen (secondary N) is 2. The Hall–Kier alpha value is -1.83. The van der Waals surface area contributed by atoms with Crippen molar-refractivity contribution >= 4 is 17.7 Å². The molecule has 0 unspecified atom stereocenters. The van der Waals surface area contributed by atoms with Crippen LogP contribution < -0.4 is 5.32 Å². The summed E-state index contributed by atoms with van der Waals surface area (Å²) < 4.78 is 1.75. The van der Waals surface area contributed by atoms with E-state index in [0.717, 1.165) is 23.0 Å². The standard InChI is InChI=1S/C13H20N6OS/c1-8-7-9(2)19(18-8)10(3)12(20)14-5-6-21-13-15-11(4)16-17-13/h7,10H,5-6H2,1-4H3,(H,14,20)(H,15,16,17)/t10-/m1/s1. The molecule has 0 aliphatic heterocycles. The fourth-order valence-corrected chi connectivity index (χ4v) is 2.70. The predicted molar refractivity (Wildman–Crippen MR) is 81.3 cm³/mol. The Balaban J connectivity index is 1.77. The molecule has 0 bridgehead atoms. The molecule has 1 atom stereocenters. The van der Waals surface area contributed by atoms with Crippen molar-refractivity contribution in [2.75, 3.05) is 12.3 Å². The van der Waals surface area contributed by atoms with Crippen molar-refractivity contribution in [1.82, 2.24) is 30.3 Å². The molecule has 2 aromatic heterocycles. The van der Waals surface area contributed by atoms with Crippen molar-refractivity contribution in [1.29, 1.82) is 0 Å². The molecule has 7 nitrogen and oxygen atoms in total. The molecule has 0 radical (unpaired) electrons. The van der Waals surface area contributed by atoms with Gasteiger partial charge in [0, 0.05) is 18.0 Å². The van der Waals surface area contributed by atoms with Gasteiger partial charge in [-0.15, -0.1) is 5.10 Å². The smallest absolute Gasteiger partial charge is 0.244 e. The van der Waals surface area contributed by atoms with E-state index in [-0.39, 0.29) is 11.9 Å². The highest BCUT2D eigenvalue weighted by Gasteiger charge is 2.17. The Morgan fingerprint density at radius 2 is 2.24 bits per heavy atom. The molecule has 2 aromatic rings. The average Bonchev–Trinajstić information content (AvgIpc) is 2.99. The van der Waals surface area contributed by atoms with E-state index in [1.807, 2.05) is 33.8 Å². The molecule has 114 valence electrons. The number of thioether (sulfide) groups is 1. The van der Waals surface area contributed by atoms with Gasteiger partial charge in [0.2, 0.25) is 11.1 Å². The molecule has 0 aliphatic rings. The highest BCUT2D eigenvalue weighted by molar-refractivity contribution is 7.99. The van der Waals surface area contributed by atoms with Crippen LogP contribution in [0.1, 0.15) is 30.2 Å². The van der Waals surface area contributed by atoms with Crippen LogP contribution in [0.25, 0.3) is 0 Å². The summed E-state index contributed by atoms with van der Waals surface area (Å²) in [5.41, 5.74) is 1.91.